The predicted molar refractivity (Wildman–Crippen MR) is 174 cm³/mol. The molecule has 2 aromatic rings. The molecule has 4 rings (SSSR count). The van der Waals surface area contributed by atoms with Crippen molar-refractivity contribution in [2.45, 2.75) is 70.5 Å². The van der Waals surface area contributed by atoms with Crippen LogP contribution in [-0.2, 0) is 20.6 Å². The minimum atomic E-state index is -4.60. The Bertz CT molecular complexity index is 1370. The topological polar surface area (TPSA) is 108 Å². The van der Waals surface area contributed by atoms with E-state index >= 15 is 0 Å². The maximum absolute atomic E-state index is 13.7. The van der Waals surface area contributed by atoms with Crippen LogP contribution in [0.1, 0.15) is 63.9 Å². The molecule has 1 atom stereocenters. The molecule has 250 valence electrons. The van der Waals surface area contributed by atoms with Gasteiger partial charge in [-0.1, -0.05) is 32.3 Å². The van der Waals surface area contributed by atoms with Crippen LogP contribution >= 0.6 is 12.2 Å². The van der Waals surface area contributed by atoms with Gasteiger partial charge in [-0.3, -0.25) is 19.3 Å². The Morgan fingerprint density at radius 2 is 1.74 bits per heavy atom. The minimum absolute atomic E-state index is 0.00320. The Labute approximate surface area is 273 Å². The zero-order chi connectivity index (χ0) is 33.3. The molecule has 0 aromatic heterocycles. The van der Waals surface area contributed by atoms with Crippen LogP contribution in [0.25, 0.3) is 0 Å². The van der Waals surface area contributed by atoms with Crippen LogP contribution in [0.3, 0.4) is 0 Å². The van der Waals surface area contributed by atoms with Crippen molar-refractivity contribution in [3.8, 4) is 5.75 Å². The normalized spacial score (nSPS) is 17.9. The molecular weight excluding hydrogens is 619 g/mol. The molecule has 0 aliphatic carbocycles. The molecule has 0 bridgehead atoms. The Kier molecular flexibility index (Phi) is 12.4. The summed E-state index contributed by atoms with van der Waals surface area (Å²) in [7, 11) is 0. The third-order valence-electron chi connectivity index (χ3n) is 8.40. The molecule has 2 fully saturated rings. The minimum Gasteiger partial charge on any atom is -0.494 e. The molecule has 3 N–H and O–H groups in total. The highest BCUT2D eigenvalue weighted by Gasteiger charge is 2.44. The number of anilines is 2. The van der Waals surface area contributed by atoms with Gasteiger partial charge in [0, 0.05) is 18.2 Å². The third-order valence-corrected chi connectivity index (χ3v) is 8.81. The second kappa shape index (κ2) is 16.2. The predicted octanol–water partition coefficient (Wildman–Crippen LogP) is 5.58. The van der Waals surface area contributed by atoms with Crippen molar-refractivity contribution in [1.82, 2.24) is 9.80 Å². The summed E-state index contributed by atoms with van der Waals surface area (Å²) in [6.45, 7) is 5.16. The number of nitrogens with two attached hydrogens (primary N) is 1. The van der Waals surface area contributed by atoms with Gasteiger partial charge in [0.1, 0.15) is 11.8 Å². The second-order valence-corrected chi connectivity index (χ2v) is 12.1. The summed E-state index contributed by atoms with van der Waals surface area (Å²) in [5.41, 5.74) is 5.06. The number of hydrogen-bond acceptors (Lipinski definition) is 6. The van der Waals surface area contributed by atoms with E-state index in [-0.39, 0.29) is 29.0 Å². The fourth-order valence-electron chi connectivity index (χ4n) is 5.79. The van der Waals surface area contributed by atoms with E-state index in [1.165, 1.54) is 12.1 Å². The molecular formula is C33H42F3N5O4S. The molecule has 2 aromatic carbocycles. The van der Waals surface area contributed by atoms with Gasteiger partial charge in [0.2, 0.25) is 11.8 Å². The zero-order valence-electron chi connectivity index (χ0n) is 26.1. The van der Waals surface area contributed by atoms with Gasteiger partial charge in [-0.05, 0) is 100.0 Å². The summed E-state index contributed by atoms with van der Waals surface area (Å²) in [6.07, 6.45) is 1.47. The molecule has 2 saturated heterocycles. The van der Waals surface area contributed by atoms with Crippen LogP contribution in [-0.4, -0.2) is 71.5 Å². The first-order valence-corrected chi connectivity index (χ1v) is 16.2. The van der Waals surface area contributed by atoms with Gasteiger partial charge in [0.05, 0.1) is 24.3 Å². The average molecular weight is 662 g/mol. The van der Waals surface area contributed by atoms with E-state index in [0.717, 1.165) is 42.7 Å². The Balaban J connectivity index is 1.42. The summed E-state index contributed by atoms with van der Waals surface area (Å²) in [5.74, 6) is -0.735. The quantitative estimate of drug-likeness (QED) is 0.190. The fourth-order valence-corrected chi connectivity index (χ4v) is 6.21. The number of nitrogens with zero attached hydrogens (tertiary/aromatic N) is 3. The number of piperidine rings is 1. The molecule has 0 saturated carbocycles. The molecule has 0 radical (unpaired) electrons. The number of thiocarbonyl (C=S) groups is 1. The number of unbranched alkanes of at least 4 members (excludes halogenated alkanes) is 3. The summed E-state index contributed by atoms with van der Waals surface area (Å²) in [6, 6.07) is 10.4. The van der Waals surface area contributed by atoms with E-state index in [1.807, 2.05) is 0 Å². The number of primary amides is 1. The van der Waals surface area contributed by atoms with Crippen LogP contribution in [0.5, 0.6) is 5.75 Å². The molecule has 13 heteroatoms. The highest BCUT2D eigenvalue weighted by molar-refractivity contribution is 7.80. The first kappa shape index (κ1) is 35.1. The second-order valence-electron chi connectivity index (χ2n) is 11.8. The number of benzene rings is 2. The van der Waals surface area contributed by atoms with Crippen molar-refractivity contribution >= 4 is 46.4 Å². The van der Waals surface area contributed by atoms with E-state index in [0.29, 0.717) is 63.5 Å². The van der Waals surface area contributed by atoms with Gasteiger partial charge >= 0.3 is 6.18 Å². The molecule has 2 heterocycles. The van der Waals surface area contributed by atoms with Crippen LogP contribution in [0.4, 0.5) is 24.5 Å². The van der Waals surface area contributed by atoms with E-state index in [4.69, 9.17) is 22.7 Å². The number of carbonyl (C=O) groups excluding carboxylic acids is 3. The van der Waals surface area contributed by atoms with Gasteiger partial charge in [-0.25, -0.2) is 0 Å². The van der Waals surface area contributed by atoms with E-state index in [2.05, 4.69) is 17.1 Å². The van der Waals surface area contributed by atoms with Crippen LogP contribution in [0.2, 0.25) is 0 Å². The number of amides is 3. The van der Waals surface area contributed by atoms with Gasteiger partial charge in [0.25, 0.3) is 5.91 Å². The molecule has 0 spiro atoms. The molecule has 0 unspecified atom stereocenters. The van der Waals surface area contributed by atoms with Gasteiger partial charge in [0.15, 0.2) is 5.11 Å². The molecule has 2 aliphatic rings. The van der Waals surface area contributed by atoms with Gasteiger partial charge < -0.3 is 25.6 Å². The number of alkyl halides is 3. The van der Waals surface area contributed by atoms with Gasteiger partial charge in [-0.15, -0.1) is 0 Å². The summed E-state index contributed by atoms with van der Waals surface area (Å²) in [5, 5.41) is 2.86. The van der Waals surface area contributed by atoms with Crippen molar-refractivity contribution < 1.29 is 32.3 Å². The Hall–Kier alpha value is -3.71. The number of carbonyl (C=O) groups is 3. The van der Waals surface area contributed by atoms with Crippen molar-refractivity contribution in [2.75, 3.05) is 43.0 Å². The standard InChI is InChI=1S/C33H42F3N5O4S/c1-2-3-4-5-20-45-27-12-10-25(11-13-27)38-29(42)22-28-31(44)41(26-9-6-8-24(21-26)33(34,35)36)32(46)40(28)17-7-16-39-18-14-23(15-19-39)30(37)43/h6,8-13,21,23,28H,2-5,7,14-20,22H2,1H3,(H2,37,43)(H,38,42)/t28-/m0/s1. The van der Waals surface area contributed by atoms with Crippen LogP contribution in [0.15, 0.2) is 48.5 Å². The SMILES string of the molecule is CCCCCCOc1ccc(NC(=O)C[C@H]2C(=O)N(c3cccc(C(F)(F)F)c3)C(=S)N2CCCN2CCC(C(N)=O)CC2)cc1. The monoisotopic (exact) mass is 661 g/mol. The lowest BCUT2D eigenvalue weighted by Gasteiger charge is -2.31. The maximum Gasteiger partial charge on any atom is 0.416 e. The van der Waals surface area contributed by atoms with Crippen molar-refractivity contribution in [3.63, 3.8) is 0 Å². The average Bonchev–Trinajstić information content (AvgIpc) is 3.25. The number of ether oxygens (including phenoxy) is 1. The molecule has 3 amide bonds. The smallest absolute Gasteiger partial charge is 0.416 e. The van der Waals surface area contributed by atoms with Crippen molar-refractivity contribution in [2.24, 2.45) is 11.7 Å². The summed E-state index contributed by atoms with van der Waals surface area (Å²) < 4.78 is 46.2. The Morgan fingerprint density at radius 3 is 2.39 bits per heavy atom. The third kappa shape index (κ3) is 9.41. The lowest BCUT2D eigenvalue weighted by molar-refractivity contribution is -0.137. The molecule has 2 aliphatic heterocycles. The number of hydrogen-bond donors (Lipinski definition) is 2. The number of rotatable bonds is 15. The van der Waals surface area contributed by atoms with Crippen LogP contribution < -0.4 is 20.7 Å². The largest absolute Gasteiger partial charge is 0.494 e. The first-order chi connectivity index (χ1) is 22.0. The van der Waals surface area contributed by atoms with E-state index in [9.17, 15) is 27.6 Å². The zero-order valence-corrected chi connectivity index (χ0v) is 26.9. The lowest BCUT2D eigenvalue weighted by atomic mass is 9.96. The summed E-state index contributed by atoms with van der Waals surface area (Å²) >= 11 is 5.64. The highest BCUT2D eigenvalue weighted by atomic mass is 32.1. The number of halogens is 3. The number of nitrogens with one attached hydrogen (secondary N) is 1. The van der Waals surface area contributed by atoms with Crippen molar-refractivity contribution in [1.29, 1.82) is 0 Å². The van der Waals surface area contributed by atoms with Gasteiger partial charge in [-0.2, -0.15) is 13.2 Å². The fraction of sp³-hybridized carbons (Fsp3) is 0.515. The molecule has 46 heavy (non-hydrogen) atoms. The number of likely N-dealkylation sites (tertiary alicyclic amines) is 1. The van der Waals surface area contributed by atoms with Crippen molar-refractivity contribution in [3.05, 3.63) is 54.1 Å². The molecule has 9 nitrogen and oxygen atoms in total. The summed E-state index contributed by atoms with van der Waals surface area (Å²) in [4.78, 5) is 43.3. The lowest BCUT2D eigenvalue weighted by Crippen LogP contribution is -2.41. The maximum atomic E-state index is 13.7. The van der Waals surface area contributed by atoms with E-state index < -0.39 is 29.6 Å². The first-order valence-electron chi connectivity index (χ1n) is 15.8. The highest BCUT2D eigenvalue weighted by Crippen LogP contribution is 2.34. The Morgan fingerprint density at radius 1 is 1.02 bits per heavy atom. The van der Waals surface area contributed by atoms with E-state index in [1.54, 1.807) is 29.2 Å². The van der Waals surface area contributed by atoms with Crippen LogP contribution in [0, 0.1) is 5.92 Å².